The summed E-state index contributed by atoms with van der Waals surface area (Å²) in [5.74, 6) is 3.58. The van der Waals surface area contributed by atoms with Gasteiger partial charge in [-0.25, -0.2) is 13.6 Å². The second-order valence-corrected chi connectivity index (χ2v) is 17.0. The minimum absolute atomic E-state index is 0.00830. The molecule has 1 aliphatic heterocycles. The maximum absolute atomic E-state index is 14.5. The zero-order valence-corrected chi connectivity index (χ0v) is 27.5. The number of aromatic nitrogens is 4. The number of benzene rings is 2. The van der Waals surface area contributed by atoms with E-state index in [1.54, 1.807) is 53.4 Å². The van der Waals surface area contributed by atoms with Crippen LogP contribution in [0.15, 0.2) is 41.5 Å². The zero-order chi connectivity index (χ0) is 31.4. The molecule has 0 unspecified atom stereocenters. The van der Waals surface area contributed by atoms with Crippen LogP contribution in [0.25, 0.3) is 22.2 Å². The van der Waals surface area contributed by atoms with E-state index in [4.69, 9.17) is 0 Å². The third-order valence-corrected chi connectivity index (χ3v) is 14.1. The summed E-state index contributed by atoms with van der Waals surface area (Å²) in [4.78, 5) is 15.2. The van der Waals surface area contributed by atoms with E-state index in [2.05, 4.69) is 62.7 Å². The summed E-state index contributed by atoms with van der Waals surface area (Å²) in [6, 6.07) is 7.60. The van der Waals surface area contributed by atoms with Crippen molar-refractivity contribution in [1.29, 1.82) is 0 Å². The van der Waals surface area contributed by atoms with E-state index in [1.807, 2.05) is 18.2 Å². The number of aryl methyl sites for hydroxylation is 4. The fourth-order valence-electron chi connectivity index (χ4n) is 6.93. The molecule has 9 heteroatoms. The Balaban J connectivity index is 1.74. The van der Waals surface area contributed by atoms with Crippen LogP contribution in [0.3, 0.4) is 0 Å². The summed E-state index contributed by atoms with van der Waals surface area (Å²) in [7, 11) is 4.03. The summed E-state index contributed by atoms with van der Waals surface area (Å²) in [5.41, 5.74) is 6.09. The van der Waals surface area contributed by atoms with Crippen LogP contribution in [0, 0.1) is 11.2 Å². The first kappa shape index (κ1) is 30.9. The fourth-order valence-corrected chi connectivity index (χ4v) is 11.2. The number of anilines is 2. The molecule has 0 saturated carbocycles. The molecule has 0 saturated heterocycles. The molecule has 5 rings (SSSR count). The van der Waals surface area contributed by atoms with E-state index < -0.39 is 16.5 Å². The van der Waals surface area contributed by atoms with E-state index in [0.29, 0.717) is 33.4 Å². The maximum Gasteiger partial charge on any atom is 0.328 e. The van der Waals surface area contributed by atoms with Crippen LogP contribution < -0.4 is 10.6 Å². The standard InChI is InChI=1S/C34H43F2N5OS/c1-21(2)43(22(3)4,23(5)6)14-12-25-15-27(17-31-32(25)40(9)34(42)39(31)8)41-13-10-11-24-16-28(26-19-37-38(7)20-26)29(33(35)36)18-30(24)41/h15-23,33H,10-11,13H2,1-9H3. The SMILES string of the molecule is CC(C)S(C#Cc1cc(N2CCCc3cc(-c4cnn(C)c4)c(C(F)F)cc32)cc2c1n(C)c(=O)n2C)(C(C)C)C(C)C. The first-order chi connectivity index (χ1) is 20.3. The number of alkyl halides is 2. The summed E-state index contributed by atoms with van der Waals surface area (Å²) in [5, 5.41) is 9.22. The van der Waals surface area contributed by atoms with Gasteiger partial charge in [0.15, 0.2) is 0 Å². The molecule has 43 heavy (non-hydrogen) atoms. The van der Waals surface area contributed by atoms with Crippen molar-refractivity contribution in [3.05, 3.63) is 63.8 Å². The van der Waals surface area contributed by atoms with Gasteiger partial charge in [-0.2, -0.15) is 15.1 Å². The van der Waals surface area contributed by atoms with Gasteiger partial charge in [0.2, 0.25) is 0 Å². The lowest BCUT2D eigenvalue weighted by Crippen LogP contribution is -2.27. The van der Waals surface area contributed by atoms with Crippen molar-refractivity contribution in [2.24, 2.45) is 21.1 Å². The number of imidazole rings is 1. The molecule has 0 N–H and O–H groups in total. The molecule has 2 aromatic heterocycles. The van der Waals surface area contributed by atoms with Crippen molar-refractivity contribution in [1.82, 2.24) is 18.9 Å². The lowest BCUT2D eigenvalue weighted by Gasteiger charge is -2.46. The number of hydrogen-bond acceptors (Lipinski definition) is 3. The summed E-state index contributed by atoms with van der Waals surface area (Å²) in [6.07, 6.45) is 2.45. The average Bonchev–Trinajstić information content (AvgIpc) is 3.48. The topological polar surface area (TPSA) is 48.0 Å². The van der Waals surface area contributed by atoms with Gasteiger partial charge in [0, 0.05) is 56.4 Å². The molecule has 0 aliphatic carbocycles. The van der Waals surface area contributed by atoms with Crippen molar-refractivity contribution < 1.29 is 8.78 Å². The van der Waals surface area contributed by atoms with Gasteiger partial charge >= 0.3 is 5.69 Å². The van der Waals surface area contributed by atoms with Crippen molar-refractivity contribution in [2.45, 2.75) is 76.6 Å². The third kappa shape index (κ3) is 5.18. The molecule has 2 aromatic carbocycles. The Kier molecular flexibility index (Phi) is 8.30. The van der Waals surface area contributed by atoms with Gasteiger partial charge in [-0.3, -0.25) is 13.8 Å². The van der Waals surface area contributed by atoms with E-state index in [-0.39, 0.29) is 11.3 Å². The van der Waals surface area contributed by atoms with Gasteiger partial charge in [0.05, 0.1) is 22.8 Å². The molecule has 0 amide bonds. The van der Waals surface area contributed by atoms with Gasteiger partial charge in [-0.05, 0) is 69.2 Å². The second-order valence-electron chi connectivity index (χ2n) is 12.4. The van der Waals surface area contributed by atoms with Gasteiger partial charge < -0.3 is 4.90 Å². The number of rotatable bonds is 6. The summed E-state index contributed by atoms with van der Waals surface area (Å²) in [6.45, 7) is 14.3. The molecule has 0 atom stereocenters. The number of halogens is 2. The molecular formula is C34H43F2N5OS. The van der Waals surface area contributed by atoms with Crippen molar-refractivity contribution in [3.8, 4) is 22.3 Å². The molecule has 3 heterocycles. The molecule has 4 aromatic rings. The summed E-state index contributed by atoms with van der Waals surface area (Å²) < 4.78 is 33.9. The predicted octanol–water partition coefficient (Wildman–Crippen LogP) is 7.64. The van der Waals surface area contributed by atoms with Crippen LogP contribution >= 0.6 is 10.0 Å². The Morgan fingerprint density at radius 3 is 2.19 bits per heavy atom. The quantitative estimate of drug-likeness (QED) is 0.212. The molecule has 6 nitrogen and oxygen atoms in total. The smallest absolute Gasteiger partial charge is 0.328 e. The molecule has 0 spiro atoms. The van der Waals surface area contributed by atoms with Crippen LogP contribution in [-0.2, 0) is 27.6 Å². The van der Waals surface area contributed by atoms with Gasteiger partial charge in [0.1, 0.15) is 0 Å². The van der Waals surface area contributed by atoms with Crippen molar-refractivity contribution in [3.63, 3.8) is 0 Å². The minimum atomic E-state index is -2.64. The molecule has 1 aliphatic rings. The predicted molar refractivity (Wildman–Crippen MR) is 177 cm³/mol. The highest BCUT2D eigenvalue weighted by Crippen LogP contribution is 2.59. The van der Waals surface area contributed by atoms with E-state index in [9.17, 15) is 13.6 Å². The number of hydrogen-bond donors (Lipinski definition) is 0. The van der Waals surface area contributed by atoms with E-state index in [0.717, 1.165) is 46.4 Å². The molecule has 0 radical (unpaired) electrons. The highest BCUT2D eigenvalue weighted by molar-refractivity contribution is 8.38. The molecule has 0 fully saturated rings. The van der Waals surface area contributed by atoms with E-state index >= 15 is 0 Å². The lowest BCUT2D eigenvalue weighted by molar-refractivity contribution is 0.152. The second kappa shape index (κ2) is 11.5. The number of fused-ring (bicyclic) bond motifs is 2. The Morgan fingerprint density at radius 1 is 0.930 bits per heavy atom. The van der Waals surface area contributed by atoms with Crippen molar-refractivity contribution in [2.75, 3.05) is 11.4 Å². The van der Waals surface area contributed by atoms with Crippen LogP contribution in [0.2, 0.25) is 0 Å². The molecule has 0 bridgehead atoms. The molecule has 230 valence electrons. The Hall–Kier alpha value is -3.51. The lowest BCUT2D eigenvalue weighted by atomic mass is 9.92. The average molecular weight is 608 g/mol. The van der Waals surface area contributed by atoms with Crippen molar-refractivity contribution >= 4 is 32.4 Å². The number of nitrogens with zero attached hydrogens (tertiary/aromatic N) is 5. The zero-order valence-electron chi connectivity index (χ0n) is 26.7. The van der Waals surface area contributed by atoms with Gasteiger partial charge in [-0.15, -0.1) is 0 Å². The Bertz CT molecular complexity index is 1780. The fraction of sp³-hybridized carbons (Fsp3) is 0.471. The van der Waals surface area contributed by atoms with Crippen LogP contribution in [0.4, 0.5) is 20.2 Å². The van der Waals surface area contributed by atoms with E-state index in [1.165, 1.54) is 0 Å². The highest BCUT2D eigenvalue weighted by Gasteiger charge is 2.33. The first-order valence-corrected chi connectivity index (χ1v) is 16.8. The Morgan fingerprint density at radius 2 is 1.60 bits per heavy atom. The normalized spacial score (nSPS) is 14.3. The maximum atomic E-state index is 14.5. The third-order valence-electron chi connectivity index (χ3n) is 8.98. The minimum Gasteiger partial charge on any atom is -0.341 e. The largest absolute Gasteiger partial charge is 0.341 e. The van der Waals surface area contributed by atoms with Crippen LogP contribution in [0.5, 0.6) is 0 Å². The highest BCUT2D eigenvalue weighted by atomic mass is 32.3. The van der Waals surface area contributed by atoms with Gasteiger partial charge in [-0.1, -0.05) is 47.5 Å². The first-order valence-electron chi connectivity index (χ1n) is 15.0. The Labute approximate surface area is 255 Å². The van der Waals surface area contributed by atoms with Crippen LogP contribution in [0.1, 0.15) is 71.1 Å². The monoisotopic (exact) mass is 607 g/mol. The van der Waals surface area contributed by atoms with Crippen LogP contribution in [-0.4, -0.2) is 41.2 Å². The summed E-state index contributed by atoms with van der Waals surface area (Å²) >= 11 is 0. The molecular weight excluding hydrogens is 564 g/mol. The van der Waals surface area contributed by atoms with Gasteiger partial charge in [0.25, 0.3) is 6.43 Å².